The third-order valence-corrected chi connectivity index (χ3v) is 6.92. The van der Waals surface area contributed by atoms with E-state index in [1.165, 1.54) is 4.90 Å². The van der Waals surface area contributed by atoms with Crippen LogP contribution in [0.25, 0.3) is 0 Å². The van der Waals surface area contributed by atoms with Crippen LogP contribution in [0.1, 0.15) is 40.5 Å². The summed E-state index contributed by atoms with van der Waals surface area (Å²) in [6.07, 6.45) is 1.00. The van der Waals surface area contributed by atoms with Gasteiger partial charge in [0.2, 0.25) is 0 Å². The number of nitrogens with one attached hydrogen (secondary N) is 1. The van der Waals surface area contributed by atoms with Gasteiger partial charge in [0.15, 0.2) is 6.10 Å². The lowest BCUT2D eigenvalue weighted by molar-refractivity contribution is -0.122. The molecule has 3 aromatic rings. The fourth-order valence-corrected chi connectivity index (χ4v) is 4.61. The second kappa shape index (κ2) is 10.9. The number of hydrogen-bond donors (Lipinski definition) is 1. The molecule has 0 bridgehead atoms. The van der Waals surface area contributed by atoms with E-state index < -0.39 is 6.10 Å². The highest BCUT2D eigenvalue weighted by Gasteiger charge is 2.37. The van der Waals surface area contributed by atoms with Gasteiger partial charge in [-0.2, -0.15) is 0 Å². The number of hydrogen-bond acceptors (Lipinski definition) is 6. The summed E-state index contributed by atoms with van der Waals surface area (Å²) in [7, 11) is 0. The molecule has 2 heterocycles. The summed E-state index contributed by atoms with van der Waals surface area (Å²) in [6, 6.07) is 19.2. The number of imide groups is 1. The molecule has 0 saturated carbocycles. The molecule has 0 aliphatic carbocycles. The van der Waals surface area contributed by atoms with Crippen molar-refractivity contribution in [3.8, 4) is 17.2 Å². The minimum absolute atomic E-state index is 0.103. The van der Waals surface area contributed by atoms with Crippen LogP contribution in [0.15, 0.2) is 66.7 Å². The Balaban J connectivity index is 1.19. The van der Waals surface area contributed by atoms with Gasteiger partial charge in [0.1, 0.15) is 17.2 Å². The minimum atomic E-state index is -0.678. The molecule has 37 heavy (non-hydrogen) atoms. The molecule has 0 aromatic heterocycles. The van der Waals surface area contributed by atoms with Gasteiger partial charge in [0, 0.05) is 15.9 Å². The van der Waals surface area contributed by atoms with E-state index in [0.717, 1.165) is 16.4 Å². The van der Waals surface area contributed by atoms with Gasteiger partial charge < -0.3 is 19.5 Å². The van der Waals surface area contributed by atoms with Crippen LogP contribution in [0, 0.1) is 3.57 Å². The van der Waals surface area contributed by atoms with Gasteiger partial charge in [-0.25, -0.2) is 0 Å². The lowest BCUT2D eigenvalue weighted by Crippen LogP contribution is -2.36. The first-order valence-electron chi connectivity index (χ1n) is 12.0. The smallest absolute Gasteiger partial charge is 0.265 e. The lowest BCUT2D eigenvalue weighted by Gasteiger charge is -2.17. The average Bonchev–Trinajstić information content (AvgIpc) is 3.49. The standard InChI is InChI=1S/C28H25IN2O6/c1-17(36-20-8-4-18(29)5-9-20)26(32)30-19-6-10-21(11-7-19)37-22-12-13-24-25(15-22)28(34)31(27(24)33)16-23-3-2-14-35-23/h4-13,15,17,23H,2-3,14,16H2,1H3,(H,30,32). The molecule has 3 amide bonds. The van der Waals surface area contributed by atoms with Crippen LogP contribution in [-0.4, -0.2) is 48.0 Å². The number of benzene rings is 3. The highest BCUT2D eigenvalue weighted by Crippen LogP contribution is 2.31. The van der Waals surface area contributed by atoms with Crippen molar-refractivity contribution in [2.24, 2.45) is 0 Å². The van der Waals surface area contributed by atoms with Gasteiger partial charge in [0.05, 0.1) is 23.8 Å². The fourth-order valence-electron chi connectivity index (χ4n) is 4.25. The summed E-state index contributed by atoms with van der Waals surface area (Å²) >= 11 is 2.21. The van der Waals surface area contributed by atoms with Crippen LogP contribution in [-0.2, 0) is 9.53 Å². The Bertz CT molecular complexity index is 1320. The molecule has 8 nitrogen and oxygen atoms in total. The van der Waals surface area contributed by atoms with Crippen molar-refractivity contribution in [3.05, 3.63) is 81.4 Å². The molecule has 1 fully saturated rings. The van der Waals surface area contributed by atoms with Gasteiger partial charge in [-0.3, -0.25) is 19.3 Å². The lowest BCUT2D eigenvalue weighted by atomic mass is 10.1. The molecule has 0 spiro atoms. The predicted octanol–water partition coefficient (Wildman–Crippen LogP) is 5.26. The number of fused-ring (bicyclic) bond motifs is 1. The fraction of sp³-hybridized carbons (Fsp3) is 0.250. The van der Waals surface area contributed by atoms with Crippen LogP contribution >= 0.6 is 22.6 Å². The average molecular weight is 612 g/mol. The Morgan fingerprint density at radius 1 is 1.00 bits per heavy atom. The first-order valence-corrected chi connectivity index (χ1v) is 13.1. The number of carbonyl (C=O) groups is 3. The molecule has 190 valence electrons. The molecule has 1 N–H and O–H groups in total. The van der Waals surface area contributed by atoms with Crippen molar-refractivity contribution in [2.75, 3.05) is 18.5 Å². The summed E-state index contributed by atoms with van der Waals surface area (Å²) in [6.45, 7) is 2.62. The van der Waals surface area contributed by atoms with E-state index in [1.807, 2.05) is 24.3 Å². The zero-order valence-electron chi connectivity index (χ0n) is 20.1. The summed E-state index contributed by atoms with van der Waals surface area (Å²) in [4.78, 5) is 39.4. The predicted molar refractivity (Wildman–Crippen MR) is 145 cm³/mol. The molecule has 2 aliphatic heterocycles. The molecular weight excluding hydrogens is 587 g/mol. The molecule has 1 saturated heterocycles. The van der Waals surface area contributed by atoms with Crippen LogP contribution in [0.5, 0.6) is 17.2 Å². The Morgan fingerprint density at radius 2 is 1.68 bits per heavy atom. The molecule has 9 heteroatoms. The minimum Gasteiger partial charge on any atom is -0.481 e. The van der Waals surface area contributed by atoms with E-state index in [9.17, 15) is 14.4 Å². The number of carbonyl (C=O) groups excluding carboxylic acids is 3. The third-order valence-electron chi connectivity index (χ3n) is 6.21. The Morgan fingerprint density at radius 3 is 2.38 bits per heavy atom. The maximum atomic E-state index is 12.9. The first-order chi connectivity index (χ1) is 17.9. The van der Waals surface area contributed by atoms with Gasteiger partial charge in [-0.1, -0.05) is 0 Å². The second-order valence-electron chi connectivity index (χ2n) is 8.89. The maximum Gasteiger partial charge on any atom is 0.265 e. The Labute approximate surface area is 228 Å². The largest absolute Gasteiger partial charge is 0.481 e. The van der Waals surface area contributed by atoms with Gasteiger partial charge in [-0.15, -0.1) is 0 Å². The van der Waals surface area contributed by atoms with E-state index >= 15 is 0 Å². The van der Waals surface area contributed by atoms with Crippen molar-refractivity contribution in [3.63, 3.8) is 0 Å². The van der Waals surface area contributed by atoms with E-state index in [1.54, 1.807) is 49.4 Å². The zero-order chi connectivity index (χ0) is 25.9. The molecular formula is C28H25IN2O6. The Hall–Kier alpha value is -3.44. The normalized spacial score (nSPS) is 17.5. The van der Waals surface area contributed by atoms with Crippen LogP contribution in [0.4, 0.5) is 5.69 Å². The molecule has 2 unspecified atom stereocenters. The van der Waals surface area contributed by atoms with Crippen molar-refractivity contribution in [2.45, 2.75) is 32.0 Å². The van der Waals surface area contributed by atoms with Crippen LogP contribution in [0.2, 0.25) is 0 Å². The van der Waals surface area contributed by atoms with Crippen molar-refractivity contribution in [1.82, 2.24) is 4.90 Å². The second-order valence-corrected chi connectivity index (χ2v) is 10.1. The molecule has 0 radical (unpaired) electrons. The summed E-state index contributed by atoms with van der Waals surface area (Å²) < 4.78 is 18.3. The number of ether oxygens (including phenoxy) is 3. The van der Waals surface area contributed by atoms with Crippen LogP contribution in [0.3, 0.4) is 0 Å². The topological polar surface area (TPSA) is 94.2 Å². The summed E-state index contributed by atoms with van der Waals surface area (Å²) in [5, 5.41) is 2.82. The number of amides is 3. The zero-order valence-corrected chi connectivity index (χ0v) is 22.3. The maximum absolute atomic E-state index is 12.9. The summed E-state index contributed by atoms with van der Waals surface area (Å²) in [5.41, 5.74) is 1.29. The number of rotatable bonds is 8. The van der Waals surface area contributed by atoms with Crippen LogP contribution < -0.4 is 14.8 Å². The monoisotopic (exact) mass is 612 g/mol. The highest BCUT2D eigenvalue weighted by atomic mass is 127. The SMILES string of the molecule is CC(Oc1ccc(I)cc1)C(=O)Nc1ccc(Oc2ccc3c(c2)C(=O)N(CC2CCCO2)C3=O)cc1. The van der Waals surface area contributed by atoms with E-state index in [2.05, 4.69) is 27.9 Å². The van der Waals surface area contributed by atoms with Gasteiger partial charge >= 0.3 is 0 Å². The molecule has 2 atom stereocenters. The number of anilines is 1. The van der Waals surface area contributed by atoms with E-state index in [-0.39, 0.29) is 30.4 Å². The van der Waals surface area contributed by atoms with E-state index in [4.69, 9.17) is 14.2 Å². The van der Waals surface area contributed by atoms with E-state index in [0.29, 0.717) is 40.7 Å². The highest BCUT2D eigenvalue weighted by molar-refractivity contribution is 14.1. The van der Waals surface area contributed by atoms with Gasteiger partial charge in [0.25, 0.3) is 17.7 Å². The number of halogens is 1. The number of nitrogens with zero attached hydrogens (tertiary/aromatic N) is 1. The van der Waals surface area contributed by atoms with Crippen molar-refractivity contribution >= 4 is 46.0 Å². The third kappa shape index (κ3) is 5.78. The molecule has 3 aromatic carbocycles. The molecule has 2 aliphatic rings. The van der Waals surface area contributed by atoms with Crippen molar-refractivity contribution in [1.29, 1.82) is 0 Å². The first kappa shape index (κ1) is 25.2. The van der Waals surface area contributed by atoms with Gasteiger partial charge in [-0.05, 0) is 109 Å². The molecule has 5 rings (SSSR count). The quantitative estimate of drug-likeness (QED) is 0.276. The van der Waals surface area contributed by atoms with Crippen molar-refractivity contribution < 1.29 is 28.6 Å². The summed E-state index contributed by atoms with van der Waals surface area (Å²) in [5.74, 6) is 0.671. The Kier molecular flexibility index (Phi) is 7.43.